The molecule has 4 fully saturated rings. The van der Waals surface area contributed by atoms with Crippen LogP contribution in [0.25, 0.3) is 0 Å². The number of Topliss-reactive ketones (excluding diaryl/α,β-unsaturated/α-hetero) is 1. The largest absolute Gasteiger partial charge is 0.300 e. The monoisotopic (exact) mass is 276 g/mol. The molecule has 1 nitrogen and oxygen atoms in total. The van der Waals surface area contributed by atoms with Crippen molar-refractivity contribution in [3.8, 4) is 0 Å². The second-order valence-electron chi connectivity index (χ2n) is 9.30. The van der Waals surface area contributed by atoms with Gasteiger partial charge in [0.2, 0.25) is 0 Å². The summed E-state index contributed by atoms with van der Waals surface area (Å²) in [5.41, 5.74) is 1.50. The van der Waals surface area contributed by atoms with Gasteiger partial charge in [0.1, 0.15) is 5.78 Å². The van der Waals surface area contributed by atoms with Gasteiger partial charge in [0, 0.05) is 12.8 Å². The predicted octanol–water partition coefficient (Wildman–Crippen LogP) is 5.52. The second-order valence-corrected chi connectivity index (χ2v) is 9.30. The lowest BCUT2D eigenvalue weighted by Gasteiger charge is -2.65. The van der Waals surface area contributed by atoms with E-state index in [0.29, 0.717) is 22.0 Å². The quantitative estimate of drug-likeness (QED) is 0.583. The summed E-state index contributed by atoms with van der Waals surface area (Å²) < 4.78 is 0. The first kappa shape index (κ1) is 14.6. The summed E-state index contributed by atoms with van der Waals surface area (Å²) in [6.07, 6.45) is 13.6. The molecule has 0 heterocycles. The second kappa shape index (κ2) is 4.85. The summed E-state index contributed by atoms with van der Waals surface area (Å²) in [7, 11) is 0. The van der Waals surface area contributed by atoms with Crippen LogP contribution >= 0.6 is 0 Å². The van der Waals surface area contributed by atoms with E-state index in [1.807, 2.05) is 0 Å². The van der Waals surface area contributed by atoms with Crippen molar-refractivity contribution in [2.45, 2.75) is 91.4 Å². The van der Waals surface area contributed by atoms with Crippen LogP contribution in [-0.4, -0.2) is 5.78 Å². The van der Waals surface area contributed by atoms with Gasteiger partial charge in [0.05, 0.1) is 0 Å². The number of ketones is 1. The third kappa shape index (κ3) is 2.70. The molecule has 114 valence electrons. The van der Waals surface area contributed by atoms with Crippen LogP contribution in [0, 0.1) is 22.2 Å². The summed E-state index contributed by atoms with van der Waals surface area (Å²) in [6, 6.07) is 0. The van der Waals surface area contributed by atoms with Crippen LogP contribution in [0.1, 0.15) is 91.4 Å². The molecule has 4 aliphatic carbocycles. The fourth-order valence-corrected chi connectivity index (χ4v) is 6.96. The zero-order valence-electron chi connectivity index (χ0n) is 13.8. The number of carbonyl (C=O) groups excluding carboxylic acids is 1. The van der Waals surface area contributed by atoms with Gasteiger partial charge in [-0.2, -0.15) is 0 Å². The maximum atomic E-state index is 12.4. The summed E-state index contributed by atoms with van der Waals surface area (Å²) in [6.45, 7) is 7.23. The Kier molecular flexibility index (Phi) is 3.54. The average Bonchev–Trinajstić information content (AvgIpc) is 2.22. The first-order valence-electron chi connectivity index (χ1n) is 8.88. The lowest BCUT2D eigenvalue weighted by molar-refractivity contribution is -0.155. The summed E-state index contributed by atoms with van der Waals surface area (Å²) >= 11 is 0. The Bertz CT molecular complexity index is 379. The fraction of sp³-hybridized carbons (Fsp3) is 0.947. The molecule has 0 aromatic carbocycles. The molecule has 0 aromatic heterocycles. The molecule has 0 amide bonds. The van der Waals surface area contributed by atoms with Crippen LogP contribution in [0.2, 0.25) is 0 Å². The molecule has 0 N–H and O–H groups in total. The zero-order chi connectivity index (χ0) is 14.4. The van der Waals surface area contributed by atoms with E-state index in [4.69, 9.17) is 0 Å². The zero-order valence-corrected chi connectivity index (χ0v) is 13.8. The molecule has 4 aliphatic rings. The summed E-state index contributed by atoms with van der Waals surface area (Å²) in [4.78, 5) is 12.4. The van der Waals surface area contributed by atoms with E-state index in [1.54, 1.807) is 0 Å². The van der Waals surface area contributed by atoms with Crippen LogP contribution in [0.5, 0.6) is 0 Å². The first-order valence-corrected chi connectivity index (χ1v) is 8.88. The lowest BCUT2D eigenvalue weighted by atomic mass is 9.39. The van der Waals surface area contributed by atoms with E-state index in [1.165, 1.54) is 51.4 Å². The minimum absolute atomic E-state index is 0.395. The van der Waals surface area contributed by atoms with Crippen molar-refractivity contribution in [2.75, 3.05) is 0 Å². The Morgan fingerprint density at radius 1 is 1.00 bits per heavy atom. The number of hydrogen-bond donors (Lipinski definition) is 0. The van der Waals surface area contributed by atoms with E-state index >= 15 is 0 Å². The van der Waals surface area contributed by atoms with Crippen molar-refractivity contribution in [1.82, 2.24) is 0 Å². The van der Waals surface area contributed by atoms with Crippen molar-refractivity contribution in [3.05, 3.63) is 0 Å². The normalized spacial score (nSPS) is 45.9. The molecule has 0 spiro atoms. The van der Waals surface area contributed by atoms with Gasteiger partial charge >= 0.3 is 0 Å². The number of carbonyl (C=O) groups is 1. The van der Waals surface area contributed by atoms with Gasteiger partial charge in [-0.3, -0.25) is 4.79 Å². The van der Waals surface area contributed by atoms with Gasteiger partial charge in [0.25, 0.3) is 0 Å². The standard InChI is InChI=1S/C19H32O/c1-4-5-6-7-16(20)11-19-10-15-8-17(2,13-19)12-18(3,9-15)14-19/h15H,4-14H2,1-3H3. The van der Waals surface area contributed by atoms with Gasteiger partial charge in [-0.15, -0.1) is 0 Å². The molecule has 20 heavy (non-hydrogen) atoms. The first-order chi connectivity index (χ1) is 9.36. The molecule has 0 aromatic rings. The molecule has 4 saturated carbocycles. The highest BCUT2D eigenvalue weighted by Gasteiger charge is 2.60. The van der Waals surface area contributed by atoms with Crippen LogP contribution < -0.4 is 0 Å². The number of unbranched alkanes of at least 4 members (excludes halogenated alkanes) is 2. The van der Waals surface area contributed by atoms with Gasteiger partial charge in [-0.25, -0.2) is 0 Å². The minimum Gasteiger partial charge on any atom is -0.300 e. The van der Waals surface area contributed by atoms with Crippen molar-refractivity contribution in [3.63, 3.8) is 0 Å². The van der Waals surface area contributed by atoms with E-state index < -0.39 is 0 Å². The van der Waals surface area contributed by atoms with E-state index in [2.05, 4.69) is 20.8 Å². The number of rotatable bonds is 6. The summed E-state index contributed by atoms with van der Waals surface area (Å²) in [5, 5.41) is 0. The smallest absolute Gasteiger partial charge is 0.133 e. The Hall–Kier alpha value is -0.330. The third-order valence-electron chi connectivity index (χ3n) is 6.37. The van der Waals surface area contributed by atoms with Crippen molar-refractivity contribution < 1.29 is 4.79 Å². The highest BCUT2D eigenvalue weighted by Crippen LogP contribution is 2.70. The summed E-state index contributed by atoms with van der Waals surface area (Å²) in [5.74, 6) is 1.48. The Labute approximate surface area is 124 Å². The topological polar surface area (TPSA) is 17.1 Å². The molecule has 0 saturated heterocycles. The minimum atomic E-state index is 0.395. The third-order valence-corrected chi connectivity index (χ3v) is 6.37. The molecule has 0 radical (unpaired) electrons. The Morgan fingerprint density at radius 2 is 1.65 bits per heavy atom. The maximum Gasteiger partial charge on any atom is 0.133 e. The highest BCUT2D eigenvalue weighted by molar-refractivity contribution is 5.79. The Morgan fingerprint density at radius 3 is 2.20 bits per heavy atom. The molecular weight excluding hydrogens is 244 g/mol. The van der Waals surface area contributed by atoms with Crippen LogP contribution in [0.3, 0.4) is 0 Å². The molecule has 4 rings (SSSR count). The SMILES string of the molecule is CCCCCC(=O)CC12CC3CC(C)(CC(C)(C3)C1)C2. The average molecular weight is 276 g/mol. The molecule has 1 heteroatoms. The molecular formula is C19H32O. The van der Waals surface area contributed by atoms with E-state index in [-0.39, 0.29) is 0 Å². The predicted molar refractivity (Wildman–Crippen MR) is 83.6 cm³/mol. The maximum absolute atomic E-state index is 12.4. The molecule has 4 bridgehead atoms. The van der Waals surface area contributed by atoms with Crippen molar-refractivity contribution >= 4 is 5.78 Å². The number of hydrogen-bond acceptors (Lipinski definition) is 1. The molecule has 2 atom stereocenters. The van der Waals surface area contributed by atoms with Crippen molar-refractivity contribution in [1.29, 1.82) is 0 Å². The van der Waals surface area contributed by atoms with E-state index in [0.717, 1.165) is 25.2 Å². The van der Waals surface area contributed by atoms with Gasteiger partial charge in [-0.05, 0) is 67.1 Å². The Balaban J connectivity index is 1.68. The van der Waals surface area contributed by atoms with Gasteiger partial charge in [-0.1, -0.05) is 33.6 Å². The van der Waals surface area contributed by atoms with Crippen LogP contribution in [-0.2, 0) is 4.79 Å². The van der Waals surface area contributed by atoms with Crippen LogP contribution in [0.15, 0.2) is 0 Å². The van der Waals surface area contributed by atoms with E-state index in [9.17, 15) is 4.79 Å². The van der Waals surface area contributed by atoms with Crippen LogP contribution in [0.4, 0.5) is 0 Å². The molecule has 0 aliphatic heterocycles. The highest BCUT2D eigenvalue weighted by atomic mass is 16.1. The van der Waals surface area contributed by atoms with Gasteiger partial charge < -0.3 is 0 Å². The van der Waals surface area contributed by atoms with Gasteiger partial charge in [0.15, 0.2) is 0 Å². The lowest BCUT2D eigenvalue weighted by Crippen LogP contribution is -2.55. The fourth-order valence-electron chi connectivity index (χ4n) is 6.96. The van der Waals surface area contributed by atoms with Crippen molar-refractivity contribution in [2.24, 2.45) is 22.2 Å². The molecule has 2 unspecified atom stereocenters.